The number of benzene rings is 1. The van der Waals surface area contributed by atoms with E-state index in [1.54, 1.807) is 18.2 Å². The number of nitrogens with zero attached hydrogens (tertiary/aromatic N) is 1. The van der Waals surface area contributed by atoms with Crippen LogP contribution >= 0.6 is 0 Å². The SMILES string of the molecule is COCCCNS(=O)(=O)c1ccn(S(=O)(=O)c2ccccc2)c1. The van der Waals surface area contributed by atoms with E-state index in [9.17, 15) is 16.8 Å². The second-order valence-electron chi connectivity index (χ2n) is 4.74. The molecule has 0 saturated heterocycles. The molecule has 1 heterocycles. The van der Waals surface area contributed by atoms with Gasteiger partial charge in [-0.25, -0.2) is 25.5 Å². The monoisotopic (exact) mass is 358 g/mol. The smallest absolute Gasteiger partial charge is 0.267 e. The van der Waals surface area contributed by atoms with Gasteiger partial charge in [-0.3, -0.25) is 0 Å². The van der Waals surface area contributed by atoms with E-state index in [2.05, 4.69) is 4.72 Å². The van der Waals surface area contributed by atoms with Gasteiger partial charge < -0.3 is 4.74 Å². The summed E-state index contributed by atoms with van der Waals surface area (Å²) in [6.07, 6.45) is 2.83. The Kier molecular flexibility index (Phi) is 5.58. The number of hydrogen-bond donors (Lipinski definition) is 1. The number of aromatic nitrogens is 1. The van der Waals surface area contributed by atoms with Gasteiger partial charge in [0.1, 0.15) is 4.90 Å². The lowest BCUT2D eigenvalue weighted by atomic mass is 10.4. The number of hydrogen-bond acceptors (Lipinski definition) is 5. The van der Waals surface area contributed by atoms with Crippen LogP contribution in [0, 0.1) is 0 Å². The fourth-order valence-corrected chi connectivity index (χ4v) is 4.24. The van der Waals surface area contributed by atoms with Crippen LogP contribution in [0.3, 0.4) is 0 Å². The Bertz CT molecular complexity index is 842. The fourth-order valence-electron chi connectivity index (χ4n) is 1.89. The highest BCUT2D eigenvalue weighted by Gasteiger charge is 2.20. The van der Waals surface area contributed by atoms with Gasteiger partial charge in [0.05, 0.1) is 4.90 Å². The third-order valence-corrected chi connectivity index (χ3v) is 6.18. The average molecular weight is 358 g/mol. The summed E-state index contributed by atoms with van der Waals surface area (Å²) in [4.78, 5) is -0.0120. The first-order chi connectivity index (χ1) is 10.9. The highest BCUT2D eigenvalue weighted by Crippen LogP contribution is 2.17. The molecule has 0 amide bonds. The van der Waals surface area contributed by atoms with E-state index in [1.807, 2.05) is 0 Å². The highest BCUT2D eigenvalue weighted by atomic mass is 32.2. The van der Waals surface area contributed by atoms with Crippen molar-refractivity contribution in [3.8, 4) is 0 Å². The molecule has 0 radical (unpaired) electrons. The predicted molar refractivity (Wildman–Crippen MR) is 85.1 cm³/mol. The molecule has 0 fully saturated rings. The maximum absolute atomic E-state index is 12.4. The summed E-state index contributed by atoms with van der Waals surface area (Å²) < 4.78 is 57.2. The van der Waals surface area contributed by atoms with Gasteiger partial charge in [0.15, 0.2) is 0 Å². The van der Waals surface area contributed by atoms with Crippen molar-refractivity contribution in [2.75, 3.05) is 20.3 Å². The summed E-state index contributed by atoms with van der Waals surface area (Å²) in [5.74, 6) is 0. The minimum atomic E-state index is -3.80. The minimum absolute atomic E-state index is 0.0904. The molecule has 1 aromatic heterocycles. The van der Waals surface area contributed by atoms with E-state index in [0.717, 1.165) is 10.2 Å². The third-order valence-electron chi connectivity index (χ3n) is 3.09. The number of nitrogens with one attached hydrogen (secondary N) is 1. The number of methoxy groups -OCH3 is 1. The van der Waals surface area contributed by atoms with Gasteiger partial charge in [0, 0.05) is 32.7 Å². The Labute approximate surface area is 136 Å². The molecule has 2 rings (SSSR count). The van der Waals surface area contributed by atoms with Crippen LogP contribution < -0.4 is 4.72 Å². The maximum Gasteiger partial charge on any atom is 0.267 e. The van der Waals surface area contributed by atoms with E-state index in [0.29, 0.717) is 13.0 Å². The van der Waals surface area contributed by atoms with Crippen LogP contribution in [-0.4, -0.2) is 41.1 Å². The molecule has 1 aromatic carbocycles. The van der Waals surface area contributed by atoms with Crippen molar-refractivity contribution in [2.24, 2.45) is 0 Å². The first-order valence-corrected chi connectivity index (χ1v) is 9.77. The van der Waals surface area contributed by atoms with E-state index in [-0.39, 0.29) is 16.3 Å². The van der Waals surface area contributed by atoms with Crippen LogP contribution in [0.1, 0.15) is 6.42 Å². The molecule has 0 aliphatic heterocycles. The molecule has 23 heavy (non-hydrogen) atoms. The quantitative estimate of drug-likeness (QED) is 0.712. The minimum Gasteiger partial charge on any atom is -0.385 e. The van der Waals surface area contributed by atoms with E-state index >= 15 is 0 Å². The average Bonchev–Trinajstić information content (AvgIpc) is 3.04. The second-order valence-corrected chi connectivity index (χ2v) is 8.35. The van der Waals surface area contributed by atoms with Crippen molar-refractivity contribution >= 4 is 20.0 Å². The molecular formula is C14H18N2O5S2. The van der Waals surface area contributed by atoms with Crippen LogP contribution in [0.4, 0.5) is 0 Å². The zero-order valence-corrected chi connectivity index (χ0v) is 14.2. The summed E-state index contributed by atoms with van der Waals surface area (Å²) >= 11 is 0. The van der Waals surface area contributed by atoms with Gasteiger partial charge in [-0.1, -0.05) is 18.2 Å². The first-order valence-electron chi connectivity index (χ1n) is 6.85. The van der Waals surface area contributed by atoms with E-state index in [4.69, 9.17) is 4.74 Å². The normalized spacial score (nSPS) is 12.4. The molecule has 0 aliphatic rings. The van der Waals surface area contributed by atoms with Gasteiger partial charge >= 0.3 is 0 Å². The molecule has 9 heteroatoms. The van der Waals surface area contributed by atoms with Crippen LogP contribution in [0.25, 0.3) is 0 Å². The van der Waals surface area contributed by atoms with Crippen molar-refractivity contribution in [3.63, 3.8) is 0 Å². The Morgan fingerprint density at radius 1 is 1.04 bits per heavy atom. The van der Waals surface area contributed by atoms with Crippen molar-refractivity contribution in [2.45, 2.75) is 16.2 Å². The van der Waals surface area contributed by atoms with Crippen LogP contribution in [0.2, 0.25) is 0 Å². The molecule has 7 nitrogen and oxygen atoms in total. The number of sulfonamides is 1. The molecular weight excluding hydrogens is 340 g/mol. The summed E-state index contributed by atoms with van der Waals surface area (Å²) in [5, 5.41) is 0. The molecule has 1 N–H and O–H groups in total. The fraction of sp³-hybridized carbons (Fsp3) is 0.286. The maximum atomic E-state index is 12.4. The van der Waals surface area contributed by atoms with Crippen molar-refractivity contribution in [1.29, 1.82) is 0 Å². The molecule has 0 spiro atoms. The van der Waals surface area contributed by atoms with Crippen molar-refractivity contribution in [1.82, 2.24) is 8.69 Å². The lowest BCUT2D eigenvalue weighted by Gasteiger charge is -2.06. The first kappa shape index (κ1) is 17.7. The van der Waals surface area contributed by atoms with Gasteiger partial charge in [0.2, 0.25) is 10.0 Å². The van der Waals surface area contributed by atoms with Crippen LogP contribution in [0.15, 0.2) is 58.6 Å². The molecule has 126 valence electrons. The number of ether oxygens (including phenoxy) is 1. The van der Waals surface area contributed by atoms with E-state index in [1.165, 1.54) is 31.5 Å². The highest BCUT2D eigenvalue weighted by molar-refractivity contribution is 7.90. The Balaban J connectivity index is 2.20. The third kappa shape index (κ3) is 4.20. The zero-order valence-electron chi connectivity index (χ0n) is 12.5. The molecule has 0 bridgehead atoms. The molecule has 0 saturated carbocycles. The molecule has 0 aliphatic carbocycles. The summed E-state index contributed by atoms with van der Waals surface area (Å²) in [6.45, 7) is 0.651. The Hall–Kier alpha value is -1.68. The van der Waals surface area contributed by atoms with Crippen LogP contribution in [0.5, 0.6) is 0 Å². The zero-order chi connectivity index (χ0) is 16.9. The molecule has 0 unspecified atom stereocenters. The lowest BCUT2D eigenvalue weighted by molar-refractivity contribution is 0.196. The largest absolute Gasteiger partial charge is 0.385 e. The Morgan fingerprint density at radius 3 is 2.39 bits per heavy atom. The van der Waals surface area contributed by atoms with Gasteiger partial charge in [-0.2, -0.15) is 0 Å². The summed E-state index contributed by atoms with van der Waals surface area (Å²) in [5.41, 5.74) is 0. The molecule has 2 aromatic rings. The summed E-state index contributed by atoms with van der Waals surface area (Å²) in [6, 6.07) is 9.06. The summed E-state index contributed by atoms with van der Waals surface area (Å²) in [7, 11) is -6.03. The standard InChI is InChI=1S/C14H18N2O5S2/c1-21-11-5-9-15-22(17,18)14-8-10-16(12-14)23(19,20)13-6-3-2-4-7-13/h2-4,6-8,10,12,15H,5,9,11H2,1H3. The van der Waals surface area contributed by atoms with Gasteiger partial charge in [-0.15, -0.1) is 0 Å². The topological polar surface area (TPSA) is 94.5 Å². The second kappa shape index (κ2) is 7.26. The van der Waals surface area contributed by atoms with Crippen molar-refractivity contribution < 1.29 is 21.6 Å². The Morgan fingerprint density at radius 2 is 1.74 bits per heavy atom. The lowest BCUT2D eigenvalue weighted by Crippen LogP contribution is -2.25. The molecule has 0 atom stereocenters. The van der Waals surface area contributed by atoms with Gasteiger partial charge in [-0.05, 0) is 24.6 Å². The van der Waals surface area contributed by atoms with Crippen LogP contribution in [-0.2, 0) is 24.8 Å². The predicted octanol–water partition coefficient (Wildman–Crippen LogP) is 1.04. The van der Waals surface area contributed by atoms with Gasteiger partial charge in [0.25, 0.3) is 10.0 Å². The van der Waals surface area contributed by atoms with Crippen molar-refractivity contribution in [3.05, 3.63) is 48.8 Å². The number of rotatable bonds is 8. The van der Waals surface area contributed by atoms with E-state index < -0.39 is 20.0 Å².